The molecular weight excluding hydrogens is 174 g/mol. The van der Waals surface area contributed by atoms with E-state index in [1.807, 2.05) is 0 Å². The summed E-state index contributed by atoms with van der Waals surface area (Å²) in [5.74, 6) is 0. The Hall–Kier alpha value is -0.830. The quantitative estimate of drug-likeness (QED) is 0.774. The Labute approximate surface area is 85.5 Å². The number of hydrogen-bond donors (Lipinski definition) is 1. The third-order valence-corrected chi connectivity index (χ3v) is 2.91. The Kier molecular flexibility index (Phi) is 2.87. The molecule has 1 aliphatic heterocycles. The van der Waals surface area contributed by atoms with Crippen LogP contribution in [-0.2, 0) is 6.54 Å². The molecule has 1 aromatic heterocycles. The summed E-state index contributed by atoms with van der Waals surface area (Å²) in [4.78, 5) is 0. The summed E-state index contributed by atoms with van der Waals surface area (Å²) in [5.41, 5.74) is 2.40. The first kappa shape index (κ1) is 9.71. The monoisotopic (exact) mass is 193 g/mol. The second kappa shape index (κ2) is 4.13. The second-order valence-corrected chi connectivity index (χ2v) is 4.26. The van der Waals surface area contributed by atoms with Gasteiger partial charge in [0.15, 0.2) is 0 Å². The molecule has 2 heterocycles. The van der Waals surface area contributed by atoms with Crippen LogP contribution in [0.1, 0.15) is 30.7 Å². The van der Waals surface area contributed by atoms with E-state index in [1.165, 1.54) is 31.5 Å². The topological polar surface area (TPSA) is 29.9 Å². The molecular formula is C11H19N3. The van der Waals surface area contributed by atoms with Crippen LogP contribution in [0.3, 0.4) is 0 Å². The minimum absolute atomic E-state index is 0.627. The highest BCUT2D eigenvalue weighted by molar-refractivity contribution is 5.06. The van der Waals surface area contributed by atoms with Crippen molar-refractivity contribution in [2.45, 2.75) is 45.7 Å². The van der Waals surface area contributed by atoms with Crippen molar-refractivity contribution in [2.75, 3.05) is 6.54 Å². The minimum Gasteiger partial charge on any atom is -0.312 e. The molecule has 3 heteroatoms. The molecule has 0 spiro atoms. The van der Waals surface area contributed by atoms with E-state index in [9.17, 15) is 0 Å². The van der Waals surface area contributed by atoms with Crippen LogP contribution in [0.5, 0.6) is 0 Å². The van der Waals surface area contributed by atoms with E-state index in [2.05, 4.69) is 35.0 Å². The fourth-order valence-electron chi connectivity index (χ4n) is 2.15. The highest BCUT2D eigenvalue weighted by Gasteiger charge is 2.14. The fourth-order valence-corrected chi connectivity index (χ4v) is 2.15. The van der Waals surface area contributed by atoms with Gasteiger partial charge in [0.1, 0.15) is 0 Å². The van der Waals surface area contributed by atoms with Gasteiger partial charge in [-0.05, 0) is 39.3 Å². The van der Waals surface area contributed by atoms with Gasteiger partial charge in [0.25, 0.3) is 0 Å². The average molecular weight is 193 g/mol. The van der Waals surface area contributed by atoms with Gasteiger partial charge < -0.3 is 5.32 Å². The molecule has 1 N–H and O–H groups in total. The number of nitrogens with one attached hydrogen (secondary N) is 1. The lowest BCUT2D eigenvalue weighted by Gasteiger charge is -2.23. The molecule has 0 aromatic carbocycles. The number of rotatable bonds is 2. The van der Waals surface area contributed by atoms with E-state index in [4.69, 9.17) is 0 Å². The SMILES string of the molecule is Cc1cc(C)n(C[C@H]2CCCCN2)n1. The van der Waals surface area contributed by atoms with Crippen LogP contribution in [-0.4, -0.2) is 22.4 Å². The maximum Gasteiger partial charge on any atom is 0.0596 e. The van der Waals surface area contributed by atoms with Gasteiger partial charge in [-0.1, -0.05) is 6.42 Å². The van der Waals surface area contributed by atoms with E-state index in [1.54, 1.807) is 0 Å². The van der Waals surface area contributed by atoms with Crippen molar-refractivity contribution in [1.29, 1.82) is 0 Å². The van der Waals surface area contributed by atoms with E-state index in [-0.39, 0.29) is 0 Å². The normalized spacial score (nSPS) is 22.6. The zero-order chi connectivity index (χ0) is 9.97. The Morgan fingerprint density at radius 1 is 1.50 bits per heavy atom. The molecule has 1 aromatic rings. The molecule has 78 valence electrons. The predicted octanol–water partition coefficient (Wildman–Crippen LogP) is 1.64. The van der Waals surface area contributed by atoms with Crippen LogP contribution < -0.4 is 5.32 Å². The smallest absolute Gasteiger partial charge is 0.0596 e. The Bertz CT molecular complexity index is 297. The first-order valence-corrected chi connectivity index (χ1v) is 5.50. The van der Waals surface area contributed by atoms with Crippen LogP contribution in [0.25, 0.3) is 0 Å². The molecule has 0 aliphatic carbocycles. The van der Waals surface area contributed by atoms with Gasteiger partial charge in [0.05, 0.1) is 12.2 Å². The van der Waals surface area contributed by atoms with E-state index in [0.717, 1.165) is 12.2 Å². The maximum atomic E-state index is 4.48. The molecule has 0 radical (unpaired) electrons. The first-order chi connectivity index (χ1) is 6.75. The highest BCUT2D eigenvalue weighted by atomic mass is 15.3. The van der Waals surface area contributed by atoms with Crippen molar-refractivity contribution in [3.63, 3.8) is 0 Å². The zero-order valence-electron chi connectivity index (χ0n) is 9.08. The summed E-state index contributed by atoms with van der Waals surface area (Å²) in [6.45, 7) is 6.38. The number of hydrogen-bond acceptors (Lipinski definition) is 2. The lowest BCUT2D eigenvalue weighted by Crippen LogP contribution is -2.37. The van der Waals surface area contributed by atoms with Crippen LogP contribution in [0.2, 0.25) is 0 Å². The molecule has 1 aliphatic rings. The third-order valence-electron chi connectivity index (χ3n) is 2.91. The largest absolute Gasteiger partial charge is 0.312 e. The Balaban J connectivity index is 1.98. The standard InChI is InChI=1S/C11H19N3/c1-9-7-10(2)14(13-9)8-11-5-3-4-6-12-11/h7,11-12H,3-6,8H2,1-2H3/t11-/m1/s1. The number of aryl methyl sites for hydroxylation is 2. The molecule has 0 bridgehead atoms. The van der Waals surface area contributed by atoms with Gasteiger partial charge >= 0.3 is 0 Å². The summed E-state index contributed by atoms with van der Waals surface area (Å²) in [6, 6.07) is 2.77. The summed E-state index contributed by atoms with van der Waals surface area (Å²) >= 11 is 0. The number of aromatic nitrogens is 2. The maximum absolute atomic E-state index is 4.48. The summed E-state index contributed by atoms with van der Waals surface area (Å²) in [7, 11) is 0. The van der Waals surface area contributed by atoms with Crippen molar-refractivity contribution in [3.8, 4) is 0 Å². The number of piperidine rings is 1. The van der Waals surface area contributed by atoms with Crippen molar-refractivity contribution < 1.29 is 0 Å². The van der Waals surface area contributed by atoms with Gasteiger partial charge in [-0.25, -0.2) is 0 Å². The van der Waals surface area contributed by atoms with Gasteiger partial charge in [-0.2, -0.15) is 5.10 Å². The van der Waals surface area contributed by atoms with Crippen molar-refractivity contribution >= 4 is 0 Å². The first-order valence-electron chi connectivity index (χ1n) is 5.50. The second-order valence-electron chi connectivity index (χ2n) is 4.26. The predicted molar refractivity (Wildman–Crippen MR) is 57.3 cm³/mol. The molecule has 2 rings (SSSR count). The average Bonchev–Trinajstić information content (AvgIpc) is 2.47. The summed E-state index contributed by atoms with van der Waals surface area (Å²) in [5, 5.41) is 8.02. The minimum atomic E-state index is 0.627. The molecule has 1 saturated heterocycles. The molecule has 3 nitrogen and oxygen atoms in total. The van der Waals surface area contributed by atoms with Crippen molar-refractivity contribution in [2.24, 2.45) is 0 Å². The third kappa shape index (κ3) is 2.15. The zero-order valence-corrected chi connectivity index (χ0v) is 9.08. The Morgan fingerprint density at radius 3 is 2.93 bits per heavy atom. The van der Waals surface area contributed by atoms with Crippen LogP contribution in [0, 0.1) is 13.8 Å². The van der Waals surface area contributed by atoms with Gasteiger partial charge in [0.2, 0.25) is 0 Å². The Morgan fingerprint density at radius 2 is 2.36 bits per heavy atom. The van der Waals surface area contributed by atoms with Crippen molar-refractivity contribution in [1.82, 2.24) is 15.1 Å². The lowest BCUT2D eigenvalue weighted by atomic mass is 10.1. The van der Waals surface area contributed by atoms with E-state index < -0.39 is 0 Å². The summed E-state index contributed by atoms with van der Waals surface area (Å²) < 4.78 is 2.12. The van der Waals surface area contributed by atoms with Crippen molar-refractivity contribution in [3.05, 3.63) is 17.5 Å². The molecule has 1 atom stereocenters. The van der Waals surface area contributed by atoms with Crippen LogP contribution in [0.4, 0.5) is 0 Å². The molecule has 0 amide bonds. The van der Waals surface area contributed by atoms with Gasteiger partial charge in [-0.3, -0.25) is 4.68 Å². The highest BCUT2D eigenvalue weighted by Crippen LogP contribution is 2.10. The molecule has 0 saturated carbocycles. The van der Waals surface area contributed by atoms with Crippen LogP contribution in [0.15, 0.2) is 6.07 Å². The van der Waals surface area contributed by atoms with E-state index in [0.29, 0.717) is 6.04 Å². The van der Waals surface area contributed by atoms with Gasteiger partial charge in [-0.15, -0.1) is 0 Å². The fraction of sp³-hybridized carbons (Fsp3) is 0.727. The lowest BCUT2D eigenvalue weighted by molar-refractivity contribution is 0.348. The molecule has 0 unspecified atom stereocenters. The van der Waals surface area contributed by atoms with Crippen LogP contribution >= 0.6 is 0 Å². The van der Waals surface area contributed by atoms with Gasteiger partial charge in [0, 0.05) is 11.7 Å². The number of nitrogens with zero attached hydrogens (tertiary/aromatic N) is 2. The summed E-state index contributed by atoms with van der Waals surface area (Å²) in [6.07, 6.45) is 3.98. The molecule has 1 fully saturated rings. The van der Waals surface area contributed by atoms with E-state index >= 15 is 0 Å². The molecule has 14 heavy (non-hydrogen) atoms.